The van der Waals surface area contributed by atoms with Crippen LogP contribution in [0.15, 0.2) is 0 Å². The zero-order chi connectivity index (χ0) is 47.7. The van der Waals surface area contributed by atoms with Crippen LogP contribution in [0.1, 0.15) is 373 Å². The van der Waals surface area contributed by atoms with Crippen molar-refractivity contribution in [1.29, 1.82) is 0 Å². The van der Waals surface area contributed by atoms with Gasteiger partial charge in [0.05, 0.1) is 18.8 Å². The Bertz CT molecular complexity index is 879. The van der Waals surface area contributed by atoms with Crippen LogP contribution in [0.3, 0.4) is 0 Å². The van der Waals surface area contributed by atoms with Crippen LogP contribution in [-0.2, 0) is 4.79 Å². The van der Waals surface area contributed by atoms with Crippen LogP contribution in [-0.4, -0.2) is 34.9 Å². The fourth-order valence-corrected chi connectivity index (χ4v) is 10.4. The maximum Gasteiger partial charge on any atom is 0.220 e. The lowest BCUT2D eigenvalue weighted by Gasteiger charge is -2.22. The van der Waals surface area contributed by atoms with E-state index in [1.807, 2.05) is 0 Å². The van der Waals surface area contributed by atoms with Crippen LogP contribution >= 0.6 is 0 Å². The molecule has 66 heavy (non-hydrogen) atoms. The molecule has 0 aromatic carbocycles. The Labute approximate surface area is 416 Å². The van der Waals surface area contributed by atoms with Crippen molar-refractivity contribution in [2.24, 2.45) is 0 Å². The predicted molar refractivity (Wildman–Crippen MR) is 295 cm³/mol. The molecule has 2 atom stereocenters. The highest BCUT2D eigenvalue weighted by Gasteiger charge is 2.20. The van der Waals surface area contributed by atoms with Crippen LogP contribution < -0.4 is 5.32 Å². The minimum Gasteiger partial charge on any atom is -0.394 e. The molecule has 0 aromatic heterocycles. The summed E-state index contributed by atoms with van der Waals surface area (Å²) in [6.45, 7) is 4.41. The van der Waals surface area contributed by atoms with Crippen LogP contribution in [0.4, 0.5) is 0 Å². The highest BCUT2D eigenvalue weighted by molar-refractivity contribution is 5.76. The topological polar surface area (TPSA) is 69.6 Å². The molecule has 0 saturated carbocycles. The van der Waals surface area contributed by atoms with Gasteiger partial charge in [0.2, 0.25) is 5.91 Å². The number of rotatable bonds is 59. The van der Waals surface area contributed by atoms with E-state index < -0.39 is 12.1 Å². The van der Waals surface area contributed by atoms with Gasteiger partial charge in [0.15, 0.2) is 0 Å². The first-order valence-electron chi connectivity index (χ1n) is 31.2. The summed E-state index contributed by atoms with van der Waals surface area (Å²) in [4.78, 5) is 12.5. The molecular weight excluding hydrogens is 807 g/mol. The molecule has 396 valence electrons. The lowest BCUT2D eigenvalue weighted by molar-refractivity contribution is -0.123. The average molecular weight is 933 g/mol. The number of aliphatic hydroxyl groups is 2. The molecule has 0 fully saturated rings. The van der Waals surface area contributed by atoms with Gasteiger partial charge in [-0.15, -0.1) is 0 Å². The van der Waals surface area contributed by atoms with Gasteiger partial charge in [0.1, 0.15) is 0 Å². The minimum absolute atomic E-state index is 0.0205. The molecule has 0 spiro atoms. The Morgan fingerprint density at radius 2 is 0.485 bits per heavy atom. The van der Waals surface area contributed by atoms with Gasteiger partial charge in [-0.1, -0.05) is 354 Å². The van der Waals surface area contributed by atoms with E-state index in [1.165, 1.54) is 321 Å². The summed E-state index contributed by atoms with van der Waals surface area (Å²) in [5.74, 6) is -0.0205. The second-order valence-electron chi connectivity index (χ2n) is 21.8. The quantitative estimate of drug-likeness (QED) is 0.0532. The molecule has 0 bridgehead atoms. The van der Waals surface area contributed by atoms with E-state index in [2.05, 4.69) is 19.2 Å². The van der Waals surface area contributed by atoms with E-state index in [1.54, 1.807) is 0 Å². The third-order valence-electron chi connectivity index (χ3n) is 15.1. The third kappa shape index (κ3) is 54.3. The summed E-state index contributed by atoms with van der Waals surface area (Å²) >= 11 is 0. The fraction of sp³-hybridized carbons (Fsp3) is 0.984. The number of carbonyl (C=O) groups is 1. The SMILES string of the molecule is CCCCCCCCCCCCCCCCCCCCCCCCCCCCCCCCCC(=O)NC(CO)C(O)CCCCCCCCCCCCCCCCCCCCCCCCC. The van der Waals surface area contributed by atoms with Crippen molar-refractivity contribution in [2.45, 2.75) is 386 Å². The number of unbranched alkanes of at least 4 members (excludes halogenated alkanes) is 52. The fourth-order valence-electron chi connectivity index (χ4n) is 10.4. The summed E-state index contributed by atoms with van der Waals surface area (Å²) in [5.41, 5.74) is 0. The molecule has 0 heterocycles. The van der Waals surface area contributed by atoms with Gasteiger partial charge in [-0.3, -0.25) is 4.79 Å². The van der Waals surface area contributed by atoms with Crippen molar-refractivity contribution in [3.8, 4) is 0 Å². The van der Waals surface area contributed by atoms with Gasteiger partial charge in [-0.05, 0) is 12.8 Å². The summed E-state index contributed by atoms with van der Waals surface area (Å²) < 4.78 is 0. The molecule has 0 aliphatic heterocycles. The van der Waals surface area contributed by atoms with Crippen molar-refractivity contribution in [3.05, 3.63) is 0 Å². The van der Waals surface area contributed by atoms with Crippen molar-refractivity contribution in [2.75, 3.05) is 6.61 Å². The molecule has 0 aromatic rings. The lowest BCUT2D eigenvalue weighted by atomic mass is 10.0. The first kappa shape index (κ1) is 65.4. The van der Waals surface area contributed by atoms with E-state index in [0.29, 0.717) is 12.8 Å². The molecule has 1 amide bonds. The summed E-state index contributed by atoms with van der Waals surface area (Å²) in [5, 5.41) is 23.4. The third-order valence-corrected chi connectivity index (χ3v) is 15.1. The van der Waals surface area contributed by atoms with Crippen molar-refractivity contribution in [3.63, 3.8) is 0 Å². The summed E-state index contributed by atoms with van der Waals surface area (Å²) in [7, 11) is 0. The summed E-state index contributed by atoms with van der Waals surface area (Å²) in [6.07, 6.45) is 75.5. The first-order chi connectivity index (χ1) is 32.7. The predicted octanol–water partition coefficient (Wildman–Crippen LogP) is 20.7. The number of hydrogen-bond donors (Lipinski definition) is 3. The zero-order valence-corrected chi connectivity index (χ0v) is 45.8. The maximum absolute atomic E-state index is 12.5. The Hall–Kier alpha value is -0.610. The molecule has 2 unspecified atom stereocenters. The van der Waals surface area contributed by atoms with Crippen molar-refractivity contribution < 1.29 is 15.0 Å². The highest BCUT2D eigenvalue weighted by Crippen LogP contribution is 2.19. The minimum atomic E-state index is -0.655. The van der Waals surface area contributed by atoms with E-state index in [0.717, 1.165) is 25.7 Å². The van der Waals surface area contributed by atoms with Gasteiger partial charge in [-0.2, -0.15) is 0 Å². The Balaban J connectivity index is 3.37. The second kappa shape index (κ2) is 58.7. The van der Waals surface area contributed by atoms with E-state index in [4.69, 9.17) is 0 Å². The molecule has 0 saturated heterocycles. The van der Waals surface area contributed by atoms with Crippen molar-refractivity contribution in [1.82, 2.24) is 5.32 Å². The number of carbonyl (C=O) groups excluding carboxylic acids is 1. The monoisotopic (exact) mass is 932 g/mol. The van der Waals surface area contributed by atoms with Gasteiger partial charge in [-0.25, -0.2) is 0 Å². The molecular formula is C62H125NO3. The Morgan fingerprint density at radius 1 is 0.303 bits per heavy atom. The van der Waals surface area contributed by atoms with Crippen LogP contribution in [0.5, 0.6) is 0 Å². The van der Waals surface area contributed by atoms with E-state index >= 15 is 0 Å². The molecule has 0 aliphatic carbocycles. The van der Waals surface area contributed by atoms with Gasteiger partial charge in [0.25, 0.3) is 0 Å². The standard InChI is InChI=1S/C62H125NO3/c1-3-5-7-9-11-13-15-17-19-21-23-25-27-28-29-30-31-32-33-34-36-38-40-42-44-46-48-50-52-54-56-58-62(66)63-60(59-64)61(65)57-55-53-51-49-47-45-43-41-39-37-35-26-24-22-20-18-16-14-12-10-8-6-4-2/h60-61,64-65H,3-59H2,1-2H3,(H,63,66). The molecule has 4 heteroatoms. The van der Waals surface area contributed by atoms with Gasteiger partial charge in [0, 0.05) is 6.42 Å². The average Bonchev–Trinajstić information content (AvgIpc) is 3.32. The largest absolute Gasteiger partial charge is 0.394 e. The van der Waals surface area contributed by atoms with E-state index in [-0.39, 0.29) is 12.5 Å². The van der Waals surface area contributed by atoms with Crippen LogP contribution in [0, 0.1) is 0 Å². The zero-order valence-electron chi connectivity index (χ0n) is 45.8. The second-order valence-corrected chi connectivity index (χ2v) is 21.8. The lowest BCUT2D eigenvalue weighted by Crippen LogP contribution is -2.45. The number of amides is 1. The number of nitrogens with one attached hydrogen (secondary N) is 1. The molecule has 4 nitrogen and oxygen atoms in total. The van der Waals surface area contributed by atoms with Gasteiger partial charge >= 0.3 is 0 Å². The van der Waals surface area contributed by atoms with Crippen molar-refractivity contribution >= 4 is 5.91 Å². The Kier molecular flexibility index (Phi) is 58.2. The number of aliphatic hydroxyl groups excluding tert-OH is 2. The first-order valence-corrected chi connectivity index (χ1v) is 31.2. The normalized spacial score (nSPS) is 12.6. The van der Waals surface area contributed by atoms with Crippen LogP contribution in [0.2, 0.25) is 0 Å². The molecule has 0 aliphatic rings. The highest BCUT2D eigenvalue weighted by atomic mass is 16.3. The van der Waals surface area contributed by atoms with Gasteiger partial charge < -0.3 is 15.5 Å². The molecule has 3 N–H and O–H groups in total. The summed E-state index contributed by atoms with van der Waals surface area (Å²) in [6, 6.07) is -0.532. The van der Waals surface area contributed by atoms with Crippen LogP contribution in [0.25, 0.3) is 0 Å². The smallest absolute Gasteiger partial charge is 0.220 e. The number of hydrogen-bond acceptors (Lipinski definition) is 3. The molecule has 0 rings (SSSR count). The maximum atomic E-state index is 12.5. The Morgan fingerprint density at radius 3 is 0.682 bits per heavy atom. The van der Waals surface area contributed by atoms with E-state index in [9.17, 15) is 15.0 Å². The molecule has 0 radical (unpaired) electrons.